The maximum Gasteiger partial charge on any atom is 0.255 e. The van der Waals surface area contributed by atoms with Crippen LogP contribution in [-0.2, 0) is 21.2 Å². The number of aryl methyl sites for hydroxylation is 1. The van der Waals surface area contributed by atoms with Crippen molar-refractivity contribution in [3.63, 3.8) is 0 Å². The molecule has 2 aromatic rings. The number of hydrogen-bond donors (Lipinski definition) is 1. The van der Waals surface area contributed by atoms with E-state index < -0.39 is 10.0 Å². The van der Waals surface area contributed by atoms with Gasteiger partial charge in [0, 0.05) is 31.7 Å². The summed E-state index contributed by atoms with van der Waals surface area (Å²) in [5.41, 5.74) is 2.97. The molecule has 1 amide bonds. The summed E-state index contributed by atoms with van der Waals surface area (Å²) < 4.78 is 33.0. The van der Waals surface area contributed by atoms with Crippen LogP contribution in [0, 0.1) is 0 Å². The summed E-state index contributed by atoms with van der Waals surface area (Å²) in [6.07, 6.45) is 0.898. The van der Waals surface area contributed by atoms with Gasteiger partial charge < -0.3 is 15.0 Å². The number of rotatable bonds is 8. The third-order valence-corrected chi connectivity index (χ3v) is 7.45. The van der Waals surface area contributed by atoms with Crippen molar-refractivity contribution in [2.45, 2.75) is 32.1 Å². The highest BCUT2D eigenvalue weighted by molar-refractivity contribution is 7.89. The molecule has 1 fully saturated rings. The van der Waals surface area contributed by atoms with Crippen molar-refractivity contribution in [3.8, 4) is 0 Å². The Morgan fingerprint density at radius 2 is 1.68 bits per heavy atom. The van der Waals surface area contributed by atoms with Crippen molar-refractivity contribution in [1.82, 2.24) is 4.31 Å². The molecule has 0 radical (unpaired) electrons. The summed E-state index contributed by atoms with van der Waals surface area (Å²) in [5, 5.41) is 2.94. The summed E-state index contributed by atoms with van der Waals surface area (Å²) in [6, 6.07) is 12.4. The molecule has 0 aliphatic carbocycles. The molecule has 31 heavy (non-hydrogen) atoms. The number of nitrogens with one attached hydrogen (secondary N) is 1. The molecule has 7 nitrogen and oxygen atoms in total. The van der Waals surface area contributed by atoms with Crippen LogP contribution in [0.1, 0.15) is 36.7 Å². The number of benzene rings is 2. The average molecular weight is 446 g/mol. The van der Waals surface area contributed by atoms with Gasteiger partial charge in [-0.05, 0) is 56.2 Å². The van der Waals surface area contributed by atoms with E-state index in [0.29, 0.717) is 37.6 Å². The molecule has 0 unspecified atom stereocenters. The Morgan fingerprint density at radius 3 is 2.26 bits per heavy atom. The zero-order chi connectivity index (χ0) is 22.4. The molecule has 1 aliphatic heterocycles. The quantitative estimate of drug-likeness (QED) is 0.674. The number of ether oxygens (including phenoxy) is 1. The molecule has 0 spiro atoms. The fourth-order valence-electron chi connectivity index (χ4n) is 3.64. The summed E-state index contributed by atoms with van der Waals surface area (Å²) >= 11 is 0. The summed E-state index contributed by atoms with van der Waals surface area (Å²) in [5.74, 6) is -0.267. The van der Waals surface area contributed by atoms with E-state index in [2.05, 4.69) is 17.1 Å². The van der Waals surface area contributed by atoms with Gasteiger partial charge in [-0.15, -0.1) is 0 Å². The maximum atomic E-state index is 13.1. The van der Waals surface area contributed by atoms with E-state index in [1.54, 1.807) is 30.3 Å². The van der Waals surface area contributed by atoms with E-state index in [9.17, 15) is 13.2 Å². The predicted octanol–water partition coefficient (Wildman–Crippen LogP) is 3.37. The Bertz CT molecular complexity index is 996. The molecule has 8 heteroatoms. The van der Waals surface area contributed by atoms with Crippen LogP contribution in [0.5, 0.6) is 0 Å². The SMILES string of the molecule is CCc1ccc(C(=O)Nc2cc(S(=O)(=O)N3CCOCC3)ccc2N(CC)CC)cc1. The first-order valence-corrected chi connectivity index (χ1v) is 12.2. The van der Waals surface area contributed by atoms with Gasteiger partial charge in [-0.1, -0.05) is 19.1 Å². The minimum Gasteiger partial charge on any atom is -0.379 e. The molecule has 0 aromatic heterocycles. The molecule has 3 rings (SSSR count). The van der Waals surface area contributed by atoms with Gasteiger partial charge >= 0.3 is 0 Å². The number of sulfonamides is 1. The highest BCUT2D eigenvalue weighted by Gasteiger charge is 2.27. The first-order valence-electron chi connectivity index (χ1n) is 10.8. The predicted molar refractivity (Wildman–Crippen MR) is 123 cm³/mol. The van der Waals surface area contributed by atoms with Gasteiger partial charge in [0.05, 0.1) is 29.5 Å². The molecule has 0 atom stereocenters. The van der Waals surface area contributed by atoms with Gasteiger partial charge in [-0.3, -0.25) is 4.79 Å². The van der Waals surface area contributed by atoms with Crippen LogP contribution in [0.15, 0.2) is 47.4 Å². The molecule has 1 heterocycles. The standard InChI is InChI=1S/C23H31N3O4S/c1-4-18-7-9-19(10-8-18)23(27)24-21-17-20(11-12-22(21)25(5-2)6-3)31(28,29)26-13-15-30-16-14-26/h7-12,17H,4-6,13-16H2,1-3H3,(H,24,27). The Labute approximate surface area is 185 Å². The lowest BCUT2D eigenvalue weighted by atomic mass is 10.1. The van der Waals surface area contributed by atoms with Crippen molar-refractivity contribution in [2.24, 2.45) is 0 Å². The third-order valence-electron chi connectivity index (χ3n) is 5.55. The number of carbonyl (C=O) groups excluding carboxylic acids is 1. The fraction of sp³-hybridized carbons (Fsp3) is 0.435. The highest BCUT2D eigenvalue weighted by Crippen LogP contribution is 2.31. The fourth-order valence-corrected chi connectivity index (χ4v) is 5.07. The van der Waals surface area contributed by atoms with Gasteiger partial charge in [0.15, 0.2) is 0 Å². The van der Waals surface area contributed by atoms with Crippen molar-refractivity contribution in [3.05, 3.63) is 53.6 Å². The van der Waals surface area contributed by atoms with Crippen LogP contribution in [0.25, 0.3) is 0 Å². The number of amides is 1. The largest absolute Gasteiger partial charge is 0.379 e. The molecule has 0 bridgehead atoms. The lowest BCUT2D eigenvalue weighted by Gasteiger charge is -2.28. The summed E-state index contributed by atoms with van der Waals surface area (Å²) in [7, 11) is -3.67. The van der Waals surface area contributed by atoms with Crippen LogP contribution < -0.4 is 10.2 Å². The van der Waals surface area contributed by atoms with Crippen LogP contribution in [0.4, 0.5) is 11.4 Å². The lowest BCUT2D eigenvalue weighted by Crippen LogP contribution is -2.40. The number of morpholine rings is 1. The Morgan fingerprint density at radius 1 is 1.03 bits per heavy atom. The Kier molecular flexibility index (Phi) is 7.69. The van der Waals surface area contributed by atoms with Crippen molar-refractivity contribution in [1.29, 1.82) is 0 Å². The second kappa shape index (κ2) is 10.3. The minimum atomic E-state index is -3.67. The van der Waals surface area contributed by atoms with E-state index in [1.807, 2.05) is 26.0 Å². The number of hydrogen-bond acceptors (Lipinski definition) is 5. The molecule has 1 saturated heterocycles. The van der Waals surface area contributed by atoms with Gasteiger partial charge in [0.1, 0.15) is 0 Å². The van der Waals surface area contributed by atoms with Crippen LogP contribution in [0.2, 0.25) is 0 Å². The molecule has 2 aromatic carbocycles. The van der Waals surface area contributed by atoms with Crippen LogP contribution in [-0.4, -0.2) is 58.0 Å². The zero-order valence-electron chi connectivity index (χ0n) is 18.4. The van der Waals surface area contributed by atoms with E-state index in [0.717, 1.165) is 30.8 Å². The maximum absolute atomic E-state index is 13.1. The van der Waals surface area contributed by atoms with Gasteiger partial charge in [-0.25, -0.2) is 8.42 Å². The van der Waals surface area contributed by atoms with Gasteiger partial charge in [-0.2, -0.15) is 4.31 Å². The minimum absolute atomic E-state index is 0.168. The van der Waals surface area contributed by atoms with E-state index in [-0.39, 0.29) is 10.8 Å². The number of anilines is 2. The van der Waals surface area contributed by atoms with E-state index >= 15 is 0 Å². The van der Waals surface area contributed by atoms with Crippen molar-refractivity contribution < 1.29 is 17.9 Å². The van der Waals surface area contributed by atoms with Crippen LogP contribution >= 0.6 is 0 Å². The first kappa shape index (κ1) is 23.2. The molecule has 1 aliphatic rings. The van der Waals surface area contributed by atoms with E-state index in [1.165, 1.54) is 4.31 Å². The first-order chi connectivity index (χ1) is 14.9. The highest BCUT2D eigenvalue weighted by atomic mass is 32.2. The monoisotopic (exact) mass is 445 g/mol. The topological polar surface area (TPSA) is 79.0 Å². The van der Waals surface area contributed by atoms with Gasteiger partial charge in [0.2, 0.25) is 10.0 Å². The van der Waals surface area contributed by atoms with Crippen molar-refractivity contribution in [2.75, 3.05) is 49.6 Å². The van der Waals surface area contributed by atoms with Crippen molar-refractivity contribution >= 4 is 27.3 Å². The normalized spacial score (nSPS) is 14.9. The second-order valence-corrected chi connectivity index (χ2v) is 9.31. The summed E-state index contributed by atoms with van der Waals surface area (Å²) in [6.45, 7) is 9.00. The zero-order valence-corrected chi connectivity index (χ0v) is 19.2. The number of carbonyl (C=O) groups is 1. The van der Waals surface area contributed by atoms with E-state index in [4.69, 9.17) is 4.74 Å². The average Bonchev–Trinajstić information content (AvgIpc) is 2.81. The molecule has 0 saturated carbocycles. The molecular formula is C23H31N3O4S. The smallest absolute Gasteiger partial charge is 0.255 e. The Balaban J connectivity index is 1.96. The number of nitrogens with zero attached hydrogens (tertiary/aromatic N) is 2. The molecular weight excluding hydrogens is 414 g/mol. The lowest BCUT2D eigenvalue weighted by molar-refractivity contribution is 0.0730. The Hall–Kier alpha value is -2.42. The summed E-state index contributed by atoms with van der Waals surface area (Å²) in [4.78, 5) is 15.2. The van der Waals surface area contributed by atoms with Gasteiger partial charge in [0.25, 0.3) is 5.91 Å². The molecule has 168 valence electrons. The third kappa shape index (κ3) is 5.26. The van der Waals surface area contributed by atoms with Crippen LogP contribution in [0.3, 0.4) is 0 Å². The molecule has 1 N–H and O–H groups in total. The second-order valence-electron chi connectivity index (χ2n) is 7.37.